The first-order chi connectivity index (χ1) is 8.11. The Kier molecular flexibility index (Phi) is 2.95. The first kappa shape index (κ1) is 11.4. The monoisotopic (exact) mass is 233 g/mol. The average molecular weight is 233 g/mol. The minimum absolute atomic E-state index is 0.0538. The Labute approximate surface area is 98.8 Å². The van der Waals surface area contributed by atoms with Crippen molar-refractivity contribution in [3.8, 4) is 0 Å². The molecular weight excluding hydrogens is 218 g/mol. The third kappa shape index (κ3) is 2.20. The van der Waals surface area contributed by atoms with Gasteiger partial charge in [-0.1, -0.05) is 6.92 Å². The Morgan fingerprint density at radius 3 is 2.88 bits per heavy atom. The molecule has 2 aromatic rings. The normalized spacial score (nSPS) is 10.7. The Bertz CT molecular complexity index is 540. The lowest BCUT2D eigenvalue weighted by molar-refractivity contribution is 0.0991. The van der Waals surface area contributed by atoms with Gasteiger partial charge in [0, 0.05) is 12.7 Å². The number of H-pyrrole nitrogens is 1. The second-order valence-electron chi connectivity index (χ2n) is 3.90. The molecule has 0 bridgehead atoms. The number of nitrogens with two attached hydrogens (primary N) is 1. The molecular formula is C11H15N5O. The molecule has 0 amide bonds. The lowest BCUT2D eigenvalue weighted by atomic mass is 10.1. The predicted molar refractivity (Wildman–Crippen MR) is 63.6 cm³/mol. The van der Waals surface area contributed by atoms with Crippen LogP contribution >= 0.6 is 0 Å². The number of hydrogen-bond donors (Lipinski definition) is 2. The summed E-state index contributed by atoms with van der Waals surface area (Å²) in [6, 6.07) is 1.94. The number of hydrogen-bond acceptors (Lipinski definition) is 4. The van der Waals surface area contributed by atoms with E-state index >= 15 is 0 Å². The summed E-state index contributed by atoms with van der Waals surface area (Å²) < 4.78 is 1.73. The van der Waals surface area contributed by atoms with E-state index in [1.54, 1.807) is 4.68 Å². The molecule has 0 saturated carbocycles. The Balaban J connectivity index is 2.18. The maximum absolute atomic E-state index is 12.0. The molecule has 6 nitrogen and oxygen atoms in total. The molecule has 0 aromatic carbocycles. The van der Waals surface area contributed by atoms with Crippen molar-refractivity contribution in [3.05, 3.63) is 29.2 Å². The highest BCUT2D eigenvalue weighted by atomic mass is 16.1. The molecule has 0 unspecified atom stereocenters. The number of Topliss-reactive ketones (excluding diaryl/α,β-unsaturated/α-hetero) is 1. The molecule has 0 saturated heterocycles. The number of aromatic amines is 1. The van der Waals surface area contributed by atoms with Gasteiger partial charge in [0.2, 0.25) is 0 Å². The van der Waals surface area contributed by atoms with Crippen LogP contribution in [0.15, 0.2) is 12.3 Å². The highest BCUT2D eigenvalue weighted by molar-refractivity contribution is 6.00. The lowest BCUT2D eigenvalue weighted by Gasteiger charge is -2.00. The van der Waals surface area contributed by atoms with E-state index in [-0.39, 0.29) is 12.2 Å². The van der Waals surface area contributed by atoms with Crippen LogP contribution in [0.25, 0.3) is 0 Å². The van der Waals surface area contributed by atoms with Crippen LogP contribution in [0.2, 0.25) is 0 Å². The summed E-state index contributed by atoms with van der Waals surface area (Å²) in [7, 11) is 1.83. The van der Waals surface area contributed by atoms with Crippen LogP contribution in [0.1, 0.15) is 28.7 Å². The Morgan fingerprint density at radius 2 is 2.35 bits per heavy atom. The maximum Gasteiger partial charge on any atom is 0.174 e. The summed E-state index contributed by atoms with van der Waals surface area (Å²) >= 11 is 0. The van der Waals surface area contributed by atoms with Crippen molar-refractivity contribution < 1.29 is 4.79 Å². The van der Waals surface area contributed by atoms with Crippen molar-refractivity contribution in [1.82, 2.24) is 20.0 Å². The zero-order valence-electron chi connectivity index (χ0n) is 9.90. The number of rotatable bonds is 4. The van der Waals surface area contributed by atoms with Gasteiger partial charge in [-0.25, -0.2) is 0 Å². The quantitative estimate of drug-likeness (QED) is 0.761. The van der Waals surface area contributed by atoms with E-state index in [1.165, 1.54) is 6.20 Å². The van der Waals surface area contributed by atoms with E-state index in [0.29, 0.717) is 11.4 Å². The lowest BCUT2D eigenvalue weighted by Crippen LogP contribution is -2.09. The molecule has 0 radical (unpaired) electrons. The minimum Gasteiger partial charge on any atom is -0.383 e. The third-order valence-electron chi connectivity index (χ3n) is 2.70. The largest absolute Gasteiger partial charge is 0.383 e. The number of anilines is 1. The Morgan fingerprint density at radius 1 is 1.59 bits per heavy atom. The second-order valence-corrected chi connectivity index (χ2v) is 3.90. The number of nitrogens with zero attached hydrogens (tertiary/aromatic N) is 3. The molecule has 3 N–H and O–H groups in total. The van der Waals surface area contributed by atoms with Gasteiger partial charge in [0.25, 0.3) is 0 Å². The number of aromatic nitrogens is 4. The Hall–Kier alpha value is -2.11. The van der Waals surface area contributed by atoms with E-state index < -0.39 is 0 Å². The van der Waals surface area contributed by atoms with Gasteiger partial charge in [0.15, 0.2) is 5.78 Å². The summed E-state index contributed by atoms with van der Waals surface area (Å²) in [5, 5.41) is 10.6. The molecule has 2 heterocycles. The summed E-state index contributed by atoms with van der Waals surface area (Å²) in [4.78, 5) is 12.0. The van der Waals surface area contributed by atoms with Gasteiger partial charge < -0.3 is 5.73 Å². The first-order valence-corrected chi connectivity index (χ1v) is 5.45. The van der Waals surface area contributed by atoms with E-state index in [2.05, 4.69) is 15.3 Å². The zero-order chi connectivity index (χ0) is 12.4. The SMILES string of the molecule is CCc1cc(CC(=O)c2cn[nH]c2N)n(C)n1. The molecule has 0 spiro atoms. The molecule has 0 aliphatic heterocycles. The van der Waals surface area contributed by atoms with Crippen LogP contribution in [0.4, 0.5) is 5.82 Å². The number of nitrogens with one attached hydrogen (secondary N) is 1. The molecule has 17 heavy (non-hydrogen) atoms. The standard InChI is InChI=1S/C11H15N5O/c1-3-7-4-8(16(2)15-7)5-10(17)9-6-13-14-11(9)12/h4,6H,3,5H2,1-2H3,(H3,12,13,14). The van der Waals surface area contributed by atoms with Gasteiger partial charge >= 0.3 is 0 Å². The fraction of sp³-hybridized carbons (Fsp3) is 0.364. The van der Waals surface area contributed by atoms with Gasteiger partial charge in [-0.3, -0.25) is 14.6 Å². The molecule has 0 aliphatic rings. The van der Waals surface area contributed by atoms with Gasteiger partial charge in [0.1, 0.15) is 5.82 Å². The fourth-order valence-corrected chi connectivity index (χ4v) is 1.69. The van der Waals surface area contributed by atoms with Gasteiger partial charge in [-0.15, -0.1) is 0 Å². The third-order valence-corrected chi connectivity index (χ3v) is 2.70. The van der Waals surface area contributed by atoms with Crippen LogP contribution in [-0.4, -0.2) is 25.8 Å². The molecule has 2 rings (SSSR count). The predicted octanol–water partition coefficient (Wildman–Crippen LogP) is 0.713. The van der Waals surface area contributed by atoms with Crippen molar-refractivity contribution in [2.75, 3.05) is 5.73 Å². The van der Waals surface area contributed by atoms with Crippen molar-refractivity contribution in [2.24, 2.45) is 7.05 Å². The minimum atomic E-state index is -0.0538. The van der Waals surface area contributed by atoms with Gasteiger partial charge in [-0.05, 0) is 12.5 Å². The molecule has 90 valence electrons. The van der Waals surface area contributed by atoms with E-state index in [4.69, 9.17) is 5.73 Å². The summed E-state index contributed by atoms with van der Waals surface area (Å²) in [6.45, 7) is 2.03. The highest BCUT2D eigenvalue weighted by Gasteiger charge is 2.15. The summed E-state index contributed by atoms with van der Waals surface area (Å²) in [5.41, 5.74) is 7.90. The zero-order valence-corrected chi connectivity index (χ0v) is 9.90. The number of nitrogen functional groups attached to an aromatic ring is 1. The number of carbonyl (C=O) groups is 1. The highest BCUT2D eigenvalue weighted by Crippen LogP contribution is 2.12. The maximum atomic E-state index is 12.0. The number of carbonyl (C=O) groups excluding carboxylic acids is 1. The van der Waals surface area contributed by atoms with E-state index in [9.17, 15) is 4.79 Å². The molecule has 6 heteroatoms. The van der Waals surface area contributed by atoms with Crippen molar-refractivity contribution >= 4 is 11.6 Å². The second kappa shape index (κ2) is 4.40. The van der Waals surface area contributed by atoms with E-state index in [1.807, 2.05) is 20.0 Å². The molecule has 0 atom stereocenters. The molecule has 0 aliphatic carbocycles. The van der Waals surface area contributed by atoms with Gasteiger partial charge in [-0.2, -0.15) is 10.2 Å². The smallest absolute Gasteiger partial charge is 0.174 e. The van der Waals surface area contributed by atoms with Crippen molar-refractivity contribution in [2.45, 2.75) is 19.8 Å². The van der Waals surface area contributed by atoms with Crippen molar-refractivity contribution in [1.29, 1.82) is 0 Å². The fourth-order valence-electron chi connectivity index (χ4n) is 1.69. The van der Waals surface area contributed by atoms with Gasteiger partial charge in [0.05, 0.1) is 23.9 Å². The summed E-state index contributed by atoms with van der Waals surface area (Å²) in [5.74, 6) is 0.259. The molecule has 0 fully saturated rings. The van der Waals surface area contributed by atoms with E-state index in [0.717, 1.165) is 17.8 Å². The topological polar surface area (TPSA) is 89.6 Å². The van der Waals surface area contributed by atoms with Crippen LogP contribution in [0.3, 0.4) is 0 Å². The van der Waals surface area contributed by atoms with Crippen LogP contribution in [0, 0.1) is 0 Å². The number of aryl methyl sites for hydroxylation is 2. The first-order valence-electron chi connectivity index (χ1n) is 5.45. The van der Waals surface area contributed by atoms with Crippen LogP contribution in [-0.2, 0) is 19.9 Å². The summed E-state index contributed by atoms with van der Waals surface area (Å²) in [6.07, 6.45) is 2.60. The van der Waals surface area contributed by atoms with Crippen LogP contribution in [0.5, 0.6) is 0 Å². The van der Waals surface area contributed by atoms with Crippen LogP contribution < -0.4 is 5.73 Å². The molecule has 2 aromatic heterocycles. The van der Waals surface area contributed by atoms with Crippen molar-refractivity contribution in [3.63, 3.8) is 0 Å². The average Bonchev–Trinajstić information content (AvgIpc) is 2.86. The number of ketones is 1.